The molecule has 0 aliphatic carbocycles. The smallest absolute Gasteiger partial charge is 0.253 e. The van der Waals surface area contributed by atoms with E-state index in [-0.39, 0.29) is 5.91 Å². The molecule has 1 aromatic heterocycles. The number of piperidine rings is 1. The first-order valence-electron chi connectivity index (χ1n) is 8.13. The van der Waals surface area contributed by atoms with Gasteiger partial charge in [0, 0.05) is 41.9 Å². The van der Waals surface area contributed by atoms with E-state index in [4.69, 9.17) is 0 Å². The summed E-state index contributed by atoms with van der Waals surface area (Å²) in [5.74, 6) is 2.68. The second-order valence-corrected chi connectivity index (χ2v) is 8.00. The maximum Gasteiger partial charge on any atom is 0.253 e. The van der Waals surface area contributed by atoms with Crippen LogP contribution in [0, 0.1) is 0 Å². The second-order valence-electron chi connectivity index (χ2n) is 5.79. The first-order valence-corrected chi connectivity index (χ1v) is 10.2. The second kappa shape index (κ2) is 7.97. The van der Waals surface area contributed by atoms with Crippen LogP contribution in [-0.4, -0.2) is 34.6 Å². The van der Waals surface area contributed by atoms with Gasteiger partial charge in [0.05, 0.1) is 5.01 Å². The van der Waals surface area contributed by atoms with Gasteiger partial charge in [0.2, 0.25) is 0 Å². The van der Waals surface area contributed by atoms with Crippen molar-refractivity contribution in [3.05, 3.63) is 52.0 Å². The summed E-state index contributed by atoms with van der Waals surface area (Å²) >= 11 is 3.60. The number of aromatic nitrogens is 1. The van der Waals surface area contributed by atoms with E-state index in [9.17, 15) is 4.79 Å². The van der Waals surface area contributed by atoms with Gasteiger partial charge in [0.25, 0.3) is 5.91 Å². The van der Waals surface area contributed by atoms with E-state index in [1.54, 1.807) is 11.3 Å². The average Bonchev–Trinajstić information content (AvgIpc) is 3.14. The van der Waals surface area contributed by atoms with Gasteiger partial charge >= 0.3 is 0 Å². The van der Waals surface area contributed by atoms with Gasteiger partial charge in [0.1, 0.15) is 0 Å². The predicted octanol–water partition coefficient (Wildman–Crippen LogP) is 4.42. The Labute approximate surface area is 146 Å². The summed E-state index contributed by atoms with van der Waals surface area (Å²) in [4.78, 5) is 19.2. The summed E-state index contributed by atoms with van der Waals surface area (Å²) in [7, 11) is 0. The number of likely N-dealkylation sites (tertiary alicyclic amines) is 1. The van der Waals surface area contributed by atoms with Crippen molar-refractivity contribution in [1.82, 2.24) is 9.88 Å². The maximum absolute atomic E-state index is 12.7. The van der Waals surface area contributed by atoms with Crippen LogP contribution >= 0.6 is 23.1 Å². The van der Waals surface area contributed by atoms with Crippen LogP contribution in [0.1, 0.15) is 46.6 Å². The highest BCUT2D eigenvalue weighted by molar-refractivity contribution is 7.98. The molecule has 1 aliphatic heterocycles. The summed E-state index contributed by atoms with van der Waals surface area (Å²) in [5, 5.41) is 3.18. The number of carbonyl (C=O) groups excluding carboxylic acids is 1. The third-order valence-corrected chi connectivity index (χ3v) is 6.07. The molecule has 23 heavy (non-hydrogen) atoms. The van der Waals surface area contributed by atoms with Crippen LogP contribution in [0.2, 0.25) is 0 Å². The fraction of sp³-hybridized carbons (Fsp3) is 0.444. The van der Waals surface area contributed by atoms with E-state index < -0.39 is 0 Å². The Hall–Kier alpha value is -1.33. The molecular formula is C18H22N2OS2. The van der Waals surface area contributed by atoms with Crippen LogP contribution in [-0.2, 0) is 5.75 Å². The Morgan fingerprint density at radius 2 is 2.22 bits per heavy atom. The molecule has 0 radical (unpaired) electrons. The Balaban J connectivity index is 1.65. The number of hydrogen-bond donors (Lipinski definition) is 0. The molecule has 1 aliphatic rings. The zero-order chi connectivity index (χ0) is 16.1. The SMILES string of the molecule is CCSCc1ccc(C(=O)N2CCC[C@H](c3nccs3)C2)cc1. The highest BCUT2D eigenvalue weighted by atomic mass is 32.2. The highest BCUT2D eigenvalue weighted by Crippen LogP contribution is 2.29. The lowest BCUT2D eigenvalue weighted by Crippen LogP contribution is -2.39. The fourth-order valence-electron chi connectivity index (χ4n) is 2.95. The van der Waals surface area contributed by atoms with E-state index in [0.717, 1.165) is 48.0 Å². The number of hydrogen-bond acceptors (Lipinski definition) is 4. The summed E-state index contributed by atoms with van der Waals surface area (Å²) in [6.07, 6.45) is 4.04. The molecule has 2 heterocycles. The Bertz CT molecular complexity index is 625. The zero-order valence-electron chi connectivity index (χ0n) is 13.4. The molecule has 0 spiro atoms. The van der Waals surface area contributed by atoms with Gasteiger partial charge in [-0.25, -0.2) is 4.98 Å². The van der Waals surface area contributed by atoms with Crippen molar-refractivity contribution in [1.29, 1.82) is 0 Å². The van der Waals surface area contributed by atoms with Gasteiger partial charge in [0.15, 0.2) is 0 Å². The van der Waals surface area contributed by atoms with Crippen molar-refractivity contribution in [2.45, 2.75) is 31.4 Å². The lowest BCUT2D eigenvalue weighted by molar-refractivity contribution is 0.0707. The zero-order valence-corrected chi connectivity index (χ0v) is 15.0. The lowest BCUT2D eigenvalue weighted by Gasteiger charge is -2.32. The summed E-state index contributed by atoms with van der Waals surface area (Å²) in [5.41, 5.74) is 2.09. The minimum Gasteiger partial charge on any atom is -0.338 e. The van der Waals surface area contributed by atoms with Gasteiger partial charge < -0.3 is 4.90 Å². The first-order chi connectivity index (χ1) is 11.3. The van der Waals surface area contributed by atoms with Gasteiger partial charge in [-0.3, -0.25) is 4.79 Å². The molecule has 1 atom stereocenters. The number of thiazole rings is 1. The molecular weight excluding hydrogens is 324 g/mol. The first kappa shape index (κ1) is 16.5. The number of amides is 1. The number of nitrogens with zero attached hydrogens (tertiary/aromatic N) is 2. The standard InChI is InChI=1S/C18H22N2OS2/c1-2-22-13-14-5-7-15(8-6-14)18(21)20-10-3-4-16(12-20)17-19-9-11-23-17/h5-9,11,16H,2-4,10,12-13H2,1H3/t16-/m0/s1. The number of benzene rings is 1. The molecule has 2 aromatic rings. The van der Waals surface area contributed by atoms with Crippen molar-refractivity contribution in [3.8, 4) is 0 Å². The largest absolute Gasteiger partial charge is 0.338 e. The van der Waals surface area contributed by atoms with Crippen molar-refractivity contribution in [2.75, 3.05) is 18.8 Å². The van der Waals surface area contributed by atoms with Crippen LogP contribution in [0.5, 0.6) is 0 Å². The lowest BCUT2D eigenvalue weighted by atomic mass is 9.98. The van der Waals surface area contributed by atoms with Crippen LogP contribution in [0.15, 0.2) is 35.8 Å². The number of rotatable bonds is 5. The number of carbonyl (C=O) groups is 1. The van der Waals surface area contributed by atoms with Gasteiger partial charge in [-0.1, -0.05) is 19.1 Å². The predicted molar refractivity (Wildman–Crippen MR) is 98.3 cm³/mol. The molecule has 0 N–H and O–H groups in total. The molecule has 1 amide bonds. The molecule has 3 nitrogen and oxygen atoms in total. The monoisotopic (exact) mass is 346 g/mol. The molecule has 3 rings (SSSR count). The fourth-order valence-corrected chi connectivity index (χ4v) is 4.35. The average molecular weight is 347 g/mol. The topological polar surface area (TPSA) is 33.2 Å². The van der Waals surface area contributed by atoms with Crippen LogP contribution in [0.3, 0.4) is 0 Å². The molecule has 0 bridgehead atoms. The van der Waals surface area contributed by atoms with Crippen molar-refractivity contribution < 1.29 is 4.79 Å². The molecule has 1 fully saturated rings. The van der Waals surface area contributed by atoms with Crippen LogP contribution in [0.4, 0.5) is 0 Å². The molecule has 1 saturated heterocycles. The quantitative estimate of drug-likeness (QED) is 0.804. The van der Waals surface area contributed by atoms with E-state index >= 15 is 0 Å². The van der Waals surface area contributed by atoms with Crippen molar-refractivity contribution in [3.63, 3.8) is 0 Å². The van der Waals surface area contributed by atoms with Gasteiger partial charge in [-0.15, -0.1) is 11.3 Å². The third kappa shape index (κ3) is 4.15. The normalized spacial score (nSPS) is 18.1. The molecule has 1 aromatic carbocycles. The Morgan fingerprint density at radius 3 is 2.91 bits per heavy atom. The van der Waals surface area contributed by atoms with E-state index in [1.165, 1.54) is 5.56 Å². The molecule has 5 heteroatoms. The molecule has 0 saturated carbocycles. The summed E-state index contributed by atoms with van der Waals surface area (Å²) in [6.45, 7) is 3.81. The summed E-state index contributed by atoms with van der Waals surface area (Å²) in [6, 6.07) is 8.11. The third-order valence-electron chi connectivity index (χ3n) is 4.18. The Morgan fingerprint density at radius 1 is 1.39 bits per heavy atom. The van der Waals surface area contributed by atoms with Crippen molar-refractivity contribution in [2.24, 2.45) is 0 Å². The minimum absolute atomic E-state index is 0.154. The van der Waals surface area contributed by atoms with E-state index in [1.807, 2.05) is 40.4 Å². The number of thioether (sulfide) groups is 1. The van der Waals surface area contributed by atoms with Crippen LogP contribution < -0.4 is 0 Å². The van der Waals surface area contributed by atoms with E-state index in [0.29, 0.717) is 5.92 Å². The van der Waals surface area contributed by atoms with Gasteiger partial charge in [-0.2, -0.15) is 11.8 Å². The Kier molecular flexibility index (Phi) is 5.73. The van der Waals surface area contributed by atoms with Gasteiger partial charge in [-0.05, 0) is 36.3 Å². The van der Waals surface area contributed by atoms with Crippen LogP contribution in [0.25, 0.3) is 0 Å². The maximum atomic E-state index is 12.7. The van der Waals surface area contributed by atoms with E-state index in [2.05, 4.69) is 24.0 Å². The molecule has 122 valence electrons. The summed E-state index contributed by atoms with van der Waals surface area (Å²) < 4.78 is 0. The van der Waals surface area contributed by atoms with Crippen molar-refractivity contribution >= 4 is 29.0 Å². The minimum atomic E-state index is 0.154. The molecule has 0 unspecified atom stereocenters. The highest BCUT2D eigenvalue weighted by Gasteiger charge is 2.26.